The van der Waals surface area contributed by atoms with Crippen molar-refractivity contribution in [3.8, 4) is 17.2 Å². The highest BCUT2D eigenvalue weighted by Gasteiger charge is 2.12. The third-order valence-corrected chi connectivity index (χ3v) is 4.52. The van der Waals surface area contributed by atoms with Crippen LogP contribution in [-0.4, -0.2) is 19.7 Å². The van der Waals surface area contributed by atoms with Gasteiger partial charge in [0.2, 0.25) is 0 Å². The van der Waals surface area contributed by atoms with Crippen LogP contribution < -0.4 is 26.3 Å². The molecule has 5 heteroatoms. The number of anilines is 2. The van der Waals surface area contributed by atoms with Crippen molar-refractivity contribution in [2.45, 2.75) is 25.7 Å². The van der Waals surface area contributed by atoms with Crippen LogP contribution in [0.1, 0.15) is 25.7 Å². The molecular formula is C20H27N3O2. The van der Waals surface area contributed by atoms with E-state index in [1.165, 1.54) is 25.8 Å². The lowest BCUT2D eigenvalue weighted by Gasteiger charge is -2.22. The molecule has 1 aliphatic rings. The Morgan fingerprint density at radius 2 is 1.84 bits per heavy atom. The molecule has 0 radical (unpaired) electrons. The summed E-state index contributed by atoms with van der Waals surface area (Å²) >= 11 is 0. The van der Waals surface area contributed by atoms with Gasteiger partial charge in [-0.3, -0.25) is 0 Å². The minimum absolute atomic E-state index is 0.516. The molecule has 2 aromatic carbocycles. The van der Waals surface area contributed by atoms with Gasteiger partial charge in [0.05, 0.1) is 18.0 Å². The van der Waals surface area contributed by atoms with E-state index in [0.29, 0.717) is 17.1 Å². The highest BCUT2D eigenvalue weighted by molar-refractivity contribution is 5.65. The van der Waals surface area contributed by atoms with Crippen molar-refractivity contribution in [2.75, 3.05) is 31.2 Å². The molecule has 0 amide bonds. The summed E-state index contributed by atoms with van der Waals surface area (Å²) in [5.41, 5.74) is 12.6. The Labute approximate surface area is 149 Å². The lowest BCUT2D eigenvalue weighted by atomic mass is 9.95. The maximum atomic E-state index is 5.87. The zero-order chi connectivity index (χ0) is 17.5. The van der Waals surface area contributed by atoms with E-state index in [1.54, 1.807) is 18.2 Å². The van der Waals surface area contributed by atoms with E-state index in [1.807, 2.05) is 24.3 Å². The zero-order valence-electron chi connectivity index (χ0n) is 14.5. The number of nitrogens with one attached hydrogen (secondary N) is 1. The number of nitrogen functional groups attached to an aromatic ring is 2. The van der Waals surface area contributed by atoms with Crippen molar-refractivity contribution in [3.05, 3.63) is 42.5 Å². The van der Waals surface area contributed by atoms with Crippen LogP contribution in [0, 0.1) is 5.92 Å². The molecule has 0 bridgehead atoms. The van der Waals surface area contributed by atoms with Crippen LogP contribution in [0.5, 0.6) is 17.2 Å². The molecule has 3 rings (SSSR count). The number of hydrogen-bond acceptors (Lipinski definition) is 5. The Morgan fingerprint density at radius 3 is 2.64 bits per heavy atom. The summed E-state index contributed by atoms with van der Waals surface area (Å²) in [5.74, 6) is 3.00. The molecule has 1 fully saturated rings. The minimum Gasteiger partial charge on any atom is -0.493 e. The smallest absolute Gasteiger partial charge is 0.131 e. The van der Waals surface area contributed by atoms with Gasteiger partial charge in [-0.1, -0.05) is 6.07 Å². The number of ether oxygens (including phenoxy) is 2. The first kappa shape index (κ1) is 17.4. The summed E-state index contributed by atoms with van der Waals surface area (Å²) in [4.78, 5) is 0. The van der Waals surface area contributed by atoms with Gasteiger partial charge in [-0.05, 0) is 69.0 Å². The normalized spacial score (nSPS) is 17.2. The van der Waals surface area contributed by atoms with Crippen LogP contribution in [0.2, 0.25) is 0 Å². The van der Waals surface area contributed by atoms with Gasteiger partial charge >= 0.3 is 0 Å². The Bertz CT molecular complexity index is 684. The Balaban J connectivity index is 1.48. The lowest BCUT2D eigenvalue weighted by molar-refractivity contribution is 0.275. The first-order valence-corrected chi connectivity index (χ1v) is 8.97. The van der Waals surface area contributed by atoms with Crippen molar-refractivity contribution in [1.82, 2.24) is 5.32 Å². The second kappa shape index (κ2) is 8.62. The number of piperidine rings is 1. The summed E-state index contributed by atoms with van der Waals surface area (Å²) in [5, 5.41) is 3.46. The van der Waals surface area contributed by atoms with Gasteiger partial charge in [0.25, 0.3) is 0 Å². The third kappa shape index (κ3) is 5.29. The molecule has 2 aromatic rings. The molecule has 25 heavy (non-hydrogen) atoms. The topological polar surface area (TPSA) is 82.5 Å². The van der Waals surface area contributed by atoms with Crippen LogP contribution in [0.25, 0.3) is 0 Å². The van der Waals surface area contributed by atoms with Gasteiger partial charge in [-0.15, -0.1) is 0 Å². The van der Waals surface area contributed by atoms with E-state index in [0.717, 1.165) is 37.0 Å². The quantitative estimate of drug-likeness (QED) is 0.527. The first-order chi connectivity index (χ1) is 12.2. The molecule has 5 N–H and O–H groups in total. The maximum absolute atomic E-state index is 5.87. The summed E-state index contributed by atoms with van der Waals surface area (Å²) in [6.07, 6.45) is 4.92. The summed E-state index contributed by atoms with van der Waals surface area (Å²) in [6, 6.07) is 12.9. The standard InChI is InChI=1S/C20H27N3O2/c21-19-9-8-18(13-20(19)22)25-17-7-1-6-16(12-17)24-11-3-5-15-4-2-10-23-14-15/h1,6-9,12-13,15,23H,2-5,10-11,14,21-22H2. The second-order valence-electron chi connectivity index (χ2n) is 6.57. The maximum Gasteiger partial charge on any atom is 0.131 e. The van der Waals surface area contributed by atoms with Crippen LogP contribution in [-0.2, 0) is 0 Å². The molecule has 0 aliphatic carbocycles. The van der Waals surface area contributed by atoms with E-state index in [9.17, 15) is 0 Å². The average Bonchev–Trinajstić information content (AvgIpc) is 2.63. The predicted octanol–water partition coefficient (Wildman–Crippen LogP) is 3.80. The molecule has 1 heterocycles. The van der Waals surface area contributed by atoms with Gasteiger partial charge in [-0.2, -0.15) is 0 Å². The van der Waals surface area contributed by atoms with Crippen molar-refractivity contribution >= 4 is 11.4 Å². The van der Waals surface area contributed by atoms with Crippen LogP contribution >= 0.6 is 0 Å². The highest BCUT2D eigenvalue weighted by Crippen LogP contribution is 2.28. The molecule has 1 saturated heterocycles. The van der Waals surface area contributed by atoms with E-state index in [4.69, 9.17) is 20.9 Å². The molecule has 1 aliphatic heterocycles. The fourth-order valence-electron chi connectivity index (χ4n) is 3.11. The summed E-state index contributed by atoms with van der Waals surface area (Å²) < 4.78 is 11.7. The predicted molar refractivity (Wildman–Crippen MR) is 102 cm³/mol. The van der Waals surface area contributed by atoms with Gasteiger partial charge in [0.15, 0.2) is 0 Å². The minimum atomic E-state index is 0.516. The lowest BCUT2D eigenvalue weighted by Crippen LogP contribution is -2.29. The third-order valence-electron chi connectivity index (χ3n) is 4.52. The monoisotopic (exact) mass is 341 g/mol. The van der Waals surface area contributed by atoms with E-state index >= 15 is 0 Å². The van der Waals surface area contributed by atoms with Gasteiger partial charge in [0.1, 0.15) is 17.2 Å². The van der Waals surface area contributed by atoms with Crippen LogP contribution in [0.15, 0.2) is 42.5 Å². The SMILES string of the molecule is Nc1ccc(Oc2cccc(OCCCC3CCCNC3)c2)cc1N. The fraction of sp³-hybridized carbons (Fsp3) is 0.400. The molecule has 0 saturated carbocycles. The Hall–Kier alpha value is -2.40. The number of hydrogen-bond donors (Lipinski definition) is 3. The Morgan fingerprint density at radius 1 is 1.00 bits per heavy atom. The van der Waals surface area contributed by atoms with Crippen LogP contribution in [0.3, 0.4) is 0 Å². The molecular weight excluding hydrogens is 314 g/mol. The molecule has 5 nitrogen and oxygen atoms in total. The van der Waals surface area contributed by atoms with Crippen molar-refractivity contribution < 1.29 is 9.47 Å². The number of nitrogens with two attached hydrogens (primary N) is 2. The molecule has 0 aromatic heterocycles. The average molecular weight is 341 g/mol. The Kier molecular flexibility index (Phi) is 6.01. The van der Waals surface area contributed by atoms with Gasteiger partial charge in [-0.25, -0.2) is 0 Å². The number of rotatable bonds is 7. The van der Waals surface area contributed by atoms with Crippen molar-refractivity contribution in [2.24, 2.45) is 5.92 Å². The molecule has 1 atom stereocenters. The largest absolute Gasteiger partial charge is 0.493 e. The number of benzene rings is 2. The second-order valence-corrected chi connectivity index (χ2v) is 6.57. The van der Waals surface area contributed by atoms with E-state index in [2.05, 4.69) is 5.32 Å². The van der Waals surface area contributed by atoms with E-state index in [-0.39, 0.29) is 0 Å². The van der Waals surface area contributed by atoms with Gasteiger partial charge in [0, 0.05) is 12.1 Å². The summed E-state index contributed by atoms with van der Waals surface area (Å²) in [7, 11) is 0. The first-order valence-electron chi connectivity index (χ1n) is 8.97. The zero-order valence-corrected chi connectivity index (χ0v) is 14.5. The van der Waals surface area contributed by atoms with Gasteiger partial charge < -0.3 is 26.3 Å². The van der Waals surface area contributed by atoms with Crippen LogP contribution in [0.4, 0.5) is 11.4 Å². The van der Waals surface area contributed by atoms with Crippen molar-refractivity contribution in [3.63, 3.8) is 0 Å². The summed E-state index contributed by atoms with van der Waals surface area (Å²) in [6.45, 7) is 3.04. The molecule has 1 unspecified atom stereocenters. The molecule has 134 valence electrons. The highest BCUT2D eigenvalue weighted by atomic mass is 16.5. The fourth-order valence-corrected chi connectivity index (χ4v) is 3.11. The molecule has 0 spiro atoms. The van der Waals surface area contributed by atoms with Crippen molar-refractivity contribution in [1.29, 1.82) is 0 Å². The van der Waals surface area contributed by atoms with E-state index < -0.39 is 0 Å².